The highest BCUT2D eigenvalue weighted by molar-refractivity contribution is 7.99. The van der Waals surface area contributed by atoms with Crippen LogP contribution in [0.5, 0.6) is 5.75 Å². The molecule has 0 aliphatic carbocycles. The molecule has 0 aliphatic heterocycles. The number of thioether (sulfide) groups is 1. The van der Waals surface area contributed by atoms with Crippen molar-refractivity contribution < 1.29 is 13.9 Å². The summed E-state index contributed by atoms with van der Waals surface area (Å²) in [6.45, 7) is 2.02. The van der Waals surface area contributed by atoms with Gasteiger partial charge >= 0.3 is 0 Å². The van der Waals surface area contributed by atoms with Crippen LogP contribution in [0.3, 0.4) is 0 Å². The highest BCUT2D eigenvalue weighted by atomic mass is 32.2. The van der Waals surface area contributed by atoms with Crippen molar-refractivity contribution in [2.45, 2.75) is 12.1 Å². The van der Waals surface area contributed by atoms with Crippen LogP contribution >= 0.6 is 11.8 Å². The van der Waals surface area contributed by atoms with Gasteiger partial charge < -0.3 is 4.74 Å². The predicted octanol–water partition coefficient (Wildman–Crippen LogP) is 4.31. The van der Waals surface area contributed by atoms with Crippen LogP contribution in [0.25, 0.3) is 16.6 Å². The molecule has 4 aromatic rings. The Morgan fingerprint density at radius 1 is 1.19 bits per heavy atom. The Hall–Kier alpha value is -2.93. The monoisotopic (exact) mass is 381 g/mol. The summed E-state index contributed by atoms with van der Waals surface area (Å²) in [5.41, 5.74) is 3.11. The molecule has 0 spiro atoms. The molecule has 0 aliphatic rings. The van der Waals surface area contributed by atoms with E-state index in [-0.39, 0.29) is 17.4 Å². The number of hydrogen-bond donors (Lipinski definition) is 0. The Bertz CT molecular complexity index is 1160. The van der Waals surface area contributed by atoms with Crippen molar-refractivity contribution in [2.75, 3.05) is 12.9 Å². The Balaban J connectivity index is 1.73. The normalized spacial score (nSPS) is 11.2. The number of ketones is 1. The molecule has 5 nitrogen and oxygen atoms in total. The van der Waals surface area contributed by atoms with Crippen LogP contribution in [-0.2, 0) is 0 Å². The van der Waals surface area contributed by atoms with E-state index in [1.165, 1.54) is 36.0 Å². The van der Waals surface area contributed by atoms with Gasteiger partial charge in [0, 0.05) is 10.9 Å². The van der Waals surface area contributed by atoms with Gasteiger partial charge in [-0.15, -0.1) is 10.2 Å². The Labute approximate surface area is 159 Å². The number of Topliss-reactive ketones (excluding diaryl/α,β-unsaturated/α-hetero) is 1. The standard InChI is InChI=1S/C20H16FN3O2S/c1-12-10-18-22-23-20(24(18)19-15(12)4-3-5-17(19)26-2)27-11-16(25)13-6-8-14(21)9-7-13/h3-10H,11H2,1-2H3. The van der Waals surface area contributed by atoms with Crippen LogP contribution in [-0.4, -0.2) is 33.2 Å². The molecule has 2 aromatic carbocycles. The maximum absolute atomic E-state index is 13.0. The van der Waals surface area contributed by atoms with E-state index in [4.69, 9.17) is 4.74 Å². The lowest BCUT2D eigenvalue weighted by molar-refractivity contribution is 0.102. The van der Waals surface area contributed by atoms with Gasteiger partial charge in [-0.25, -0.2) is 4.39 Å². The van der Waals surface area contributed by atoms with Crippen LogP contribution in [0.2, 0.25) is 0 Å². The minimum atomic E-state index is -0.364. The summed E-state index contributed by atoms with van der Waals surface area (Å²) in [5, 5.41) is 10.1. The third-order valence-electron chi connectivity index (χ3n) is 4.37. The van der Waals surface area contributed by atoms with Crippen molar-refractivity contribution in [3.63, 3.8) is 0 Å². The van der Waals surface area contributed by atoms with E-state index in [0.717, 1.165) is 16.5 Å². The van der Waals surface area contributed by atoms with Crippen LogP contribution in [0.15, 0.2) is 53.7 Å². The summed E-state index contributed by atoms with van der Waals surface area (Å²) in [7, 11) is 1.62. The number of benzene rings is 2. The summed E-state index contributed by atoms with van der Waals surface area (Å²) < 4.78 is 20.5. The molecular formula is C20H16FN3O2S. The van der Waals surface area contributed by atoms with Crippen molar-refractivity contribution in [3.8, 4) is 5.75 Å². The molecule has 2 heterocycles. The fraction of sp³-hybridized carbons (Fsp3) is 0.150. The van der Waals surface area contributed by atoms with E-state index in [1.54, 1.807) is 7.11 Å². The molecule has 0 bridgehead atoms. The zero-order valence-corrected chi connectivity index (χ0v) is 15.6. The molecule has 0 N–H and O–H groups in total. The van der Waals surface area contributed by atoms with Crippen LogP contribution in [0.1, 0.15) is 15.9 Å². The Morgan fingerprint density at radius 3 is 2.70 bits per heavy atom. The lowest BCUT2D eigenvalue weighted by Gasteiger charge is -2.11. The van der Waals surface area contributed by atoms with E-state index in [9.17, 15) is 9.18 Å². The number of ether oxygens (including phenoxy) is 1. The molecule has 0 radical (unpaired) electrons. The number of methoxy groups -OCH3 is 1. The van der Waals surface area contributed by atoms with Gasteiger partial charge in [0.05, 0.1) is 18.4 Å². The molecule has 0 fully saturated rings. The topological polar surface area (TPSA) is 56.5 Å². The second-order valence-electron chi connectivity index (χ2n) is 6.08. The molecule has 2 aromatic heterocycles. The molecular weight excluding hydrogens is 365 g/mol. The quantitative estimate of drug-likeness (QED) is 0.381. The largest absolute Gasteiger partial charge is 0.495 e. The zero-order chi connectivity index (χ0) is 19.0. The molecule has 0 saturated heterocycles. The number of aryl methyl sites for hydroxylation is 1. The van der Waals surface area contributed by atoms with Gasteiger partial charge in [0.15, 0.2) is 16.6 Å². The number of nitrogens with zero attached hydrogens (tertiary/aromatic N) is 3. The van der Waals surface area contributed by atoms with Gasteiger partial charge in [0.1, 0.15) is 11.6 Å². The number of fused-ring (bicyclic) bond motifs is 3. The number of hydrogen-bond acceptors (Lipinski definition) is 5. The maximum Gasteiger partial charge on any atom is 0.196 e. The van der Waals surface area contributed by atoms with Gasteiger partial charge in [-0.2, -0.15) is 0 Å². The molecule has 4 rings (SSSR count). The minimum Gasteiger partial charge on any atom is -0.495 e. The van der Waals surface area contributed by atoms with Crippen LogP contribution in [0.4, 0.5) is 4.39 Å². The van der Waals surface area contributed by atoms with Gasteiger partial charge in [-0.1, -0.05) is 23.9 Å². The first-order valence-electron chi connectivity index (χ1n) is 8.31. The van der Waals surface area contributed by atoms with Crippen LogP contribution < -0.4 is 4.74 Å². The molecule has 136 valence electrons. The Morgan fingerprint density at radius 2 is 1.96 bits per heavy atom. The van der Waals surface area contributed by atoms with Crippen LogP contribution in [0, 0.1) is 12.7 Å². The van der Waals surface area contributed by atoms with Gasteiger partial charge in [-0.05, 0) is 48.9 Å². The number of carbonyl (C=O) groups is 1. The third-order valence-corrected chi connectivity index (χ3v) is 5.30. The molecule has 0 saturated carbocycles. The van der Waals surface area contributed by atoms with Crippen molar-refractivity contribution in [2.24, 2.45) is 0 Å². The molecule has 0 unspecified atom stereocenters. The zero-order valence-electron chi connectivity index (χ0n) is 14.8. The average molecular weight is 381 g/mol. The first kappa shape index (κ1) is 17.5. The molecule has 7 heteroatoms. The maximum atomic E-state index is 13.0. The Kier molecular flexibility index (Phi) is 4.53. The van der Waals surface area contributed by atoms with E-state index in [1.807, 2.05) is 35.6 Å². The summed E-state index contributed by atoms with van der Waals surface area (Å²) in [6, 6.07) is 13.3. The number of para-hydroxylation sites is 1. The van der Waals surface area contributed by atoms with Crippen molar-refractivity contribution in [1.82, 2.24) is 14.6 Å². The highest BCUT2D eigenvalue weighted by Crippen LogP contribution is 2.32. The minimum absolute atomic E-state index is 0.0971. The predicted molar refractivity (Wildman–Crippen MR) is 103 cm³/mol. The second-order valence-corrected chi connectivity index (χ2v) is 7.02. The van der Waals surface area contributed by atoms with E-state index < -0.39 is 0 Å². The summed E-state index contributed by atoms with van der Waals surface area (Å²) in [6.07, 6.45) is 0. The summed E-state index contributed by atoms with van der Waals surface area (Å²) >= 11 is 1.29. The average Bonchev–Trinajstić information content (AvgIpc) is 3.09. The van der Waals surface area contributed by atoms with Crippen molar-refractivity contribution in [3.05, 3.63) is 65.5 Å². The fourth-order valence-electron chi connectivity index (χ4n) is 3.03. The first-order chi connectivity index (χ1) is 13.1. The number of halogens is 1. The number of carbonyl (C=O) groups excluding carboxylic acids is 1. The third kappa shape index (κ3) is 3.14. The van der Waals surface area contributed by atoms with Gasteiger partial charge in [-0.3, -0.25) is 9.20 Å². The smallest absolute Gasteiger partial charge is 0.196 e. The molecule has 0 amide bonds. The van der Waals surface area contributed by atoms with Gasteiger partial charge in [0.25, 0.3) is 0 Å². The molecule has 27 heavy (non-hydrogen) atoms. The number of aromatic nitrogens is 3. The highest BCUT2D eigenvalue weighted by Gasteiger charge is 2.16. The van der Waals surface area contributed by atoms with E-state index in [2.05, 4.69) is 10.2 Å². The van der Waals surface area contributed by atoms with Gasteiger partial charge in [0.2, 0.25) is 0 Å². The molecule has 0 atom stereocenters. The lowest BCUT2D eigenvalue weighted by Crippen LogP contribution is -2.03. The first-order valence-corrected chi connectivity index (χ1v) is 9.30. The summed E-state index contributed by atoms with van der Waals surface area (Å²) in [4.78, 5) is 12.4. The second kappa shape index (κ2) is 7.00. The summed E-state index contributed by atoms with van der Waals surface area (Å²) in [5.74, 6) is 0.432. The number of rotatable bonds is 5. The fourth-order valence-corrected chi connectivity index (χ4v) is 3.87. The van der Waals surface area contributed by atoms with E-state index >= 15 is 0 Å². The number of pyridine rings is 1. The van der Waals surface area contributed by atoms with E-state index in [0.29, 0.717) is 22.1 Å². The van der Waals surface area contributed by atoms with Crippen molar-refractivity contribution in [1.29, 1.82) is 0 Å². The lowest BCUT2D eigenvalue weighted by atomic mass is 10.1. The SMILES string of the molecule is COc1cccc2c(C)cc3nnc(SCC(=O)c4ccc(F)cc4)n3c12. The van der Waals surface area contributed by atoms with Crippen molar-refractivity contribution >= 4 is 34.1 Å².